The molecule has 0 amide bonds. The van der Waals surface area contributed by atoms with Crippen LogP contribution >= 0.6 is 11.6 Å². The van der Waals surface area contributed by atoms with Gasteiger partial charge in [-0.1, -0.05) is 48.7 Å². The molecule has 116 valence electrons. The maximum absolute atomic E-state index is 5.99. The van der Waals surface area contributed by atoms with E-state index in [9.17, 15) is 0 Å². The molecule has 1 fully saturated rings. The van der Waals surface area contributed by atoms with E-state index in [1.807, 2.05) is 30.3 Å². The van der Waals surface area contributed by atoms with Crippen LogP contribution in [0.15, 0.2) is 48.5 Å². The van der Waals surface area contributed by atoms with E-state index < -0.39 is 0 Å². The van der Waals surface area contributed by atoms with Crippen molar-refractivity contribution in [1.82, 2.24) is 5.32 Å². The predicted molar refractivity (Wildman–Crippen MR) is 91.3 cm³/mol. The fourth-order valence-corrected chi connectivity index (χ4v) is 3.14. The average molecular weight is 316 g/mol. The number of benzene rings is 2. The summed E-state index contributed by atoms with van der Waals surface area (Å²) in [7, 11) is 0. The fraction of sp³-hybridized carbons (Fsp3) is 0.368. The van der Waals surface area contributed by atoms with Crippen molar-refractivity contribution in [2.45, 2.75) is 44.9 Å². The second-order valence-electron chi connectivity index (χ2n) is 5.93. The predicted octanol–water partition coefficient (Wildman–Crippen LogP) is 4.95. The third kappa shape index (κ3) is 4.49. The minimum absolute atomic E-state index is 0.542. The number of hydrogen-bond donors (Lipinski definition) is 1. The number of nitrogens with one attached hydrogen (secondary N) is 1. The third-order valence-corrected chi connectivity index (χ3v) is 4.38. The van der Waals surface area contributed by atoms with Gasteiger partial charge in [0.25, 0.3) is 0 Å². The van der Waals surface area contributed by atoms with Crippen LogP contribution in [-0.2, 0) is 13.2 Å². The largest absolute Gasteiger partial charge is 0.489 e. The molecule has 0 atom stereocenters. The van der Waals surface area contributed by atoms with Gasteiger partial charge in [-0.05, 0) is 48.2 Å². The van der Waals surface area contributed by atoms with Gasteiger partial charge in [0.2, 0.25) is 0 Å². The Labute approximate surface area is 137 Å². The summed E-state index contributed by atoms with van der Waals surface area (Å²) in [4.78, 5) is 0. The standard InChI is InChI=1S/C19H22ClNO/c20-17-7-3-6-16(11-17)14-22-19-10-4-5-15(12-19)13-21-18-8-1-2-9-18/h3-7,10-12,18,21H,1-2,8-9,13-14H2. The Bertz CT molecular complexity index is 608. The van der Waals surface area contributed by atoms with E-state index in [0.717, 1.165) is 22.9 Å². The van der Waals surface area contributed by atoms with Crippen LogP contribution < -0.4 is 10.1 Å². The Kier molecular flexibility index (Phi) is 5.36. The van der Waals surface area contributed by atoms with Gasteiger partial charge in [-0.3, -0.25) is 0 Å². The van der Waals surface area contributed by atoms with Crippen LogP contribution in [0.1, 0.15) is 36.8 Å². The summed E-state index contributed by atoms with van der Waals surface area (Å²) in [5, 5.41) is 4.38. The van der Waals surface area contributed by atoms with Crippen molar-refractivity contribution in [2.24, 2.45) is 0 Å². The van der Waals surface area contributed by atoms with Gasteiger partial charge in [0.05, 0.1) is 0 Å². The van der Waals surface area contributed by atoms with Gasteiger partial charge in [0.1, 0.15) is 12.4 Å². The van der Waals surface area contributed by atoms with E-state index in [1.165, 1.54) is 31.2 Å². The van der Waals surface area contributed by atoms with Gasteiger partial charge < -0.3 is 10.1 Å². The van der Waals surface area contributed by atoms with Gasteiger partial charge in [-0.15, -0.1) is 0 Å². The molecule has 22 heavy (non-hydrogen) atoms. The minimum Gasteiger partial charge on any atom is -0.489 e. The van der Waals surface area contributed by atoms with Crippen LogP contribution in [0, 0.1) is 0 Å². The highest BCUT2D eigenvalue weighted by atomic mass is 35.5. The zero-order valence-electron chi connectivity index (χ0n) is 12.7. The van der Waals surface area contributed by atoms with E-state index in [4.69, 9.17) is 16.3 Å². The maximum Gasteiger partial charge on any atom is 0.120 e. The minimum atomic E-state index is 0.542. The first-order valence-corrected chi connectivity index (χ1v) is 8.37. The molecular weight excluding hydrogens is 294 g/mol. The highest BCUT2D eigenvalue weighted by Gasteiger charge is 2.13. The Morgan fingerprint density at radius 1 is 1.00 bits per heavy atom. The fourth-order valence-electron chi connectivity index (χ4n) is 2.93. The lowest BCUT2D eigenvalue weighted by Crippen LogP contribution is -2.25. The van der Waals surface area contributed by atoms with E-state index in [1.54, 1.807) is 0 Å². The highest BCUT2D eigenvalue weighted by molar-refractivity contribution is 6.30. The number of halogens is 1. The molecular formula is C19H22ClNO. The normalized spacial score (nSPS) is 15.1. The molecule has 0 saturated heterocycles. The van der Waals surface area contributed by atoms with Gasteiger partial charge >= 0.3 is 0 Å². The van der Waals surface area contributed by atoms with Crippen LogP contribution in [0.3, 0.4) is 0 Å². The molecule has 3 heteroatoms. The molecule has 0 heterocycles. The lowest BCUT2D eigenvalue weighted by Gasteiger charge is -2.13. The van der Waals surface area contributed by atoms with Crippen LogP contribution in [0.2, 0.25) is 5.02 Å². The van der Waals surface area contributed by atoms with Crippen molar-refractivity contribution >= 4 is 11.6 Å². The third-order valence-electron chi connectivity index (χ3n) is 4.14. The Morgan fingerprint density at radius 2 is 1.77 bits per heavy atom. The first kappa shape index (κ1) is 15.4. The Balaban J connectivity index is 1.54. The zero-order chi connectivity index (χ0) is 15.2. The molecule has 1 aliphatic carbocycles. The van der Waals surface area contributed by atoms with Crippen LogP contribution in [0.5, 0.6) is 5.75 Å². The van der Waals surface area contributed by atoms with Crippen molar-refractivity contribution in [1.29, 1.82) is 0 Å². The van der Waals surface area contributed by atoms with Crippen molar-refractivity contribution < 1.29 is 4.74 Å². The molecule has 2 aromatic carbocycles. The van der Waals surface area contributed by atoms with Gasteiger partial charge in [0.15, 0.2) is 0 Å². The maximum atomic E-state index is 5.99. The molecule has 0 bridgehead atoms. The molecule has 1 saturated carbocycles. The summed E-state index contributed by atoms with van der Waals surface area (Å²) in [5.41, 5.74) is 2.36. The zero-order valence-corrected chi connectivity index (χ0v) is 13.5. The molecule has 1 N–H and O–H groups in total. The van der Waals surface area contributed by atoms with E-state index in [2.05, 4.69) is 23.5 Å². The molecule has 0 aliphatic heterocycles. The molecule has 0 unspecified atom stereocenters. The Morgan fingerprint density at radius 3 is 2.59 bits per heavy atom. The second-order valence-corrected chi connectivity index (χ2v) is 6.36. The lowest BCUT2D eigenvalue weighted by atomic mass is 10.2. The number of hydrogen-bond acceptors (Lipinski definition) is 2. The summed E-state index contributed by atoms with van der Waals surface area (Å²) >= 11 is 5.99. The molecule has 0 aromatic heterocycles. The van der Waals surface area contributed by atoms with Crippen LogP contribution in [-0.4, -0.2) is 6.04 Å². The van der Waals surface area contributed by atoms with Crippen molar-refractivity contribution in [3.8, 4) is 5.75 Å². The lowest BCUT2D eigenvalue weighted by molar-refractivity contribution is 0.306. The summed E-state index contributed by atoms with van der Waals surface area (Å²) in [5.74, 6) is 0.908. The van der Waals surface area contributed by atoms with Crippen LogP contribution in [0.25, 0.3) is 0 Å². The van der Waals surface area contributed by atoms with Crippen molar-refractivity contribution in [3.63, 3.8) is 0 Å². The summed E-state index contributed by atoms with van der Waals surface area (Å²) in [6.07, 6.45) is 5.34. The molecule has 0 radical (unpaired) electrons. The van der Waals surface area contributed by atoms with E-state index >= 15 is 0 Å². The van der Waals surface area contributed by atoms with Gasteiger partial charge in [-0.2, -0.15) is 0 Å². The molecule has 2 nitrogen and oxygen atoms in total. The van der Waals surface area contributed by atoms with Gasteiger partial charge in [-0.25, -0.2) is 0 Å². The monoisotopic (exact) mass is 315 g/mol. The SMILES string of the molecule is Clc1cccc(COc2cccc(CNC3CCCC3)c2)c1. The molecule has 1 aliphatic rings. The quantitative estimate of drug-likeness (QED) is 0.814. The Hall–Kier alpha value is -1.51. The van der Waals surface area contributed by atoms with Crippen molar-refractivity contribution in [3.05, 3.63) is 64.7 Å². The van der Waals surface area contributed by atoms with E-state index in [0.29, 0.717) is 12.6 Å². The first-order valence-electron chi connectivity index (χ1n) is 7.99. The highest BCUT2D eigenvalue weighted by Crippen LogP contribution is 2.20. The molecule has 2 aromatic rings. The molecule has 0 spiro atoms. The smallest absolute Gasteiger partial charge is 0.120 e. The number of rotatable bonds is 6. The molecule has 3 rings (SSSR count). The average Bonchev–Trinajstić information content (AvgIpc) is 3.05. The first-order chi connectivity index (χ1) is 10.8. The summed E-state index contributed by atoms with van der Waals surface area (Å²) in [6.45, 7) is 1.46. The topological polar surface area (TPSA) is 21.3 Å². The second kappa shape index (κ2) is 7.66. The summed E-state index contributed by atoms with van der Waals surface area (Å²) < 4.78 is 5.87. The summed E-state index contributed by atoms with van der Waals surface area (Å²) in [6, 6.07) is 16.8. The van der Waals surface area contributed by atoms with Gasteiger partial charge in [0, 0.05) is 17.6 Å². The van der Waals surface area contributed by atoms with Crippen molar-refractivity contribution in [2.75, 3.05) is 0 Å². The number of ether oxygens (including phenoxy) is 1. The van der Waals surface area contributed by atoms with E-state index in [-0.39, 0.29) is 0 Å². The van der Waals surface area contributed by atoms with Crippen LogP contribution in [0.4, 0.5) is 0 Å².